The van der Waals surface area contributed by atoms with E-state index in [1.165, 1.54) is 0 Å². The molecule has 1 fully saturated rings. The summed E-state index contributed by atoms with van der Waals surface area (Å²) in [6, 6.07) is 0. The third-order valence-electron chi connectivity index (χ3n) is 3.13. The van der Waals surface area contributed by atoms with Gasteiger partial charge in [0.1, 0.15) is 4.60 Å². The third-order valence-corrected chi connectivity index (χ3v) is 3.51. The lowest BCUT2D eigenvalue weighted by Gasteiger charge is -2.12. The van der Waals surface area contributed by atoms with Gasteiger partial charge in [-0.15, -0.1) is 0 Å². The summed E-state index contributed by atoms with van der Waals surface area (Å²) < 4.78 is 8.23. The van der Waals surface area contributed by atoms with Gasteiger partial charge in [-0.25, -0.2) is 9.97 Å². The van der Waals surface area contributed by atoms with Crippen molar-refractivity contribution < 1.29 is 9.53 Å². The number of rotatable bonds is 2. The van der Waals surface area contributed by atoms with Gasteiger partial charge in [-0.2, -0.15) is 0 Å². The second-order valence-electron chi connectivity index (χ2n) is 4.64. The van der Waals surface area contributed by atoms with Crippen molar-refractivity contribution in [1.29, 1.82) is 0 Å². The number of halogens is 1. The first-order chi connectivity index (χ1) is 9.04. The van der Waals surface area contributed by atoms with Crippen LogP contribution in [0.25, 0.3) is 5.65 Å². The number of ether oxygens (including phenoxy) is 1. The molecule has 1 aliphatic rings. The molecule has 1 aliphatic heterocycles. The number of carbonyl (C=O) groups excluding carboxylic acids is 1. The Kier molecular flexibility index (Phi) is 2.93. The maximum absolute atomic E-state index is 11.9. The molecule has 3 heterocycles. The molecule has 0 saturated carbocycles. The zero-order chi connectivity index (χ0) is 13.6. The van der Waals surface area contributed by atoms with E-state index in [0.717, 1.165) is 5.69 Å². The van der Waals surface area contributed by atoms with Crippen LogP contribution in [0.2, 0.25) is 0 Å². The monoisotopic (exact) mass is 324 g/mol. The Morgan fingerprint density at radius 3 is 2.89 bits per heavy atom. The second-order valence-corrected chi connectivity index (χ2v) is 5.45. The number of hydrogen-bond acceptors (Lipinski definition) is 4. The van der Waals surface area contributed by atoms with Gasteiger partial charge in [0.25, 0.3) is 11.8 Å². The fourth-order valence-electron chi connectivity index (χ4n) is 2.18. The van der Waals surface area contributed by atoms with Gasteiger partial charge < -0.3 is 9.64 Å². The van der Waals surface area contributed by atoms with Crippen LogP contribution in [0.5, 0.6) is 5.88 Å². The molecule has 1 unspecified atom stereocenters. The van der Waals surface area contributed by atoms with E-state index in [-0.39, 0.29) is 5.91 Å². The van der Waals surface area contributed by atoms with E-state index in [1.807, 2.05) is 23.7 Å². The van der Waals surface area contributed by atoms with E-state index in [2.05, 4.69) is 25.9 Å². The lowest BCUT2D eigenvalue weighted by molar-refractivity contribution is -0.132. The Morgan fingerprint density at radius 1 is 1.42 bits per heavy atom. The van der Waals surface area contributed by atoms with Crippen molar-refractivity contribution in [3.8, 4) is 5.88 Å². The van der Waals surface area contributed by atoms with Crippen LogP contribution in [-0.2, 0) is 4.79 Å². The molecule has 2 aromatic heterocycles. The van der Waals surface area contributed by atoms with Gasteiger partial charge in [0.2, 0.25) is 5.65 Å². The molecule has 0 N–H and O–H groups in total. The minimum absolute atomic E-state index is 0.0109. The summed E-state index contributed by atoms with van der Waals surface area (Å²) in [7, 11) is 1.77. The van der Waals surface area contributed by atoms with Gasteiger partial charge in [-0.1, -0.05) is 0 Å². The summed E-state index contributed by atoms with van der Waals surface area (Å²) in [4.78, 5) is 22.2. The molecular weight excluding hydrogens is 312 g/mol. The standard InChI is InChI=1S/C12H13BrN4O2/c1-7-5-17-6-9(13)15-11(10(17)14-7)19-8-3-4-16(2)12(8)18/h5-6,8H,3-4H2,1-2H3. The molecule has 6 nitrogen and oxygen atoms in total. The number of hydrogen-bond donors (Lipinski definition) is 0. The first kappa shape index (κ1) is 12.4. The Balaban J connectivity index is 1.98. The van der Waals surface area contributed by atoms with Crippen LogP contribution >= 0.6 is 15.9 Å². The predicted octanol–water partition coefficient (Wildman–Crippen LogP) is 1.41. The van der Waals surface area contributed by atoms with Crippen molar-refractivity contribution >= 4 is 27.5 Å². The molecule has 0 spiro atoms. The van der Waals surface area contributed by atoms with Gasteiger partial charge >= 0.3 is 0 Å². The van der Waals surface area contributed by atoms with Gasteiger partial charge in [0.15, 0.2) is 6.10 Å². The SMILES string of the molecule is Cc1cn2cc(Br)nc(OC3CCN(C)C3=O)c2n1. The average Bonchev–Trinajstić information content (AvgIpc) is 2.86. The molecule has 1 amide bonds. The summed E-state index contributed by atoms with van der Waals surface area (Å²) in [6.07, 6.45) is 3.91. The number of nitrogens with zero attached hydrogens (tertiary/aromatic N) is 4. The maximum atomic E-state index is 11.9. The van der Waals surface area contributed by atoms with Crippen molar-refractivity contribution in [3.63, 3.8) is 0 Å². The first-order valence-electron chi connectivity index (χ1n) is 5.98. The molecule has 0 aliphatic carbocycles. The average molecular weight is 325 g/mol. The van der Waals surface area contributed by atoms with E-state index in [0.29, 0.717) is 29.1 Å². The number of aromatic nitrogens is 3. The summed E-state index contributed by atoms with van der Waals surface area (Å²) in [5, 5.41) is 0. The molecule has 0 aromatic carbocycles. The van der Waals surface area contributed by atoms with E-state index < -0.39 is 6.10 Å². The Morgan fingerprint density at radius 2 is 2.21 bits per heavy atom. The molecule has 1 saturated heterocycles. The van der Waals surface area contributed by atoms with Gasteiger partial charge in [0, 0.05) is 32.4 Å². The zero-order valence-corrected chi connectivity index (χ0v) is 12.2. The first-order valence-corrected chi connectivity index (χ1v) is 6.77. The zero-order valence-electron chi connectivity index (χ0n) is 10.6. The van der Waals surface area contributed by atoms with Crippen molar-refractivity contribution in [1.82, 2.24) is 19.3 Å². The molecule has 3 rings (SSSR count). The molecule has 0 radical (unpaired) electrons. The number of likely N-dealkylation sites (N-methyl/N-ethyl adjacent to an activating group) is 1. The number of fused-ring (bicyclic) bond motifs is 1. The quantitative estimate of drug-likeness (QED) is 0.838. The smallest absolute Gasteiger partial charge is 0.263 e. The van der Waals surface area contributed by atoms with Crippen LogP contribution < -0.4 is 4.74 Å². The minimum atomic E-state index is -0.465. The van der Waals surface area contributed by atoms with Crippen LogP contribution in [-0.4, -0.2) is 44.9 Å². The number of imidazole rings is 1. The van der Waals surface area contributed by atoms with Crippen molar-refractivity contribution in [2.45, 2.75) is 19.4 Å². The molecule has 0 bridgehead atoms. The summed E-state index contributed by atoms with van der Waals surface area (Å²) in [5.74, 6) is 0.374. The molecular formula is C12H13BrN4O2. The molecule has 19 heavy (non-hydrogen) atoms. The van der Waals surface area contributed by atoms with Gasteiger partial charge in [-0.05, 0) is 22.9 Å². The van der Waals surface area contributed by atoms with Crippen molar-refractivity contribution in [2.75, 3.05) is 13.6 Å². The normalized spacial score (nSPS) is 19.4. The fraction of sp³-hybridized carbons (Fsp3) is 0.417. The highest BCUT2D eigenvalue weighted by Crippen LogP contribution is 2.23. The summed E-state index contributed by atoms with van der Waals surface area (Å²) in [6.45, 7) is 2.61. The maximum Gasteiger partial charge on any atom is 0.263 e. The summed E-state index contributed by atoms with van der Waals surface area (Å²) in [5.41, 5.74) is 1.50. The molecule has 2 aromatic rings. The number of aryl methyl sites for hydroxylation is 1. The number of likely N-dealkylation sites (tertiary alicyclic amines) is 1. The largest absolute Gasteiger partial charge is 0.461 e. The Labute approximate surface area is 118 Å². The van der Waals surface area contributed by atoms with E-state index in [1.54, 1.807) is 11.9 Å². The lowest BCUT2D eigenvalue weighted by atomic mass is 10.3. The van der Waals surface area contributed by atoms with Crippen molar-refractivity contribution in [3.05, 3.63) is 22.7 Å². The molecule has 1 atom stereocenters. The molecule has 100 valence electrons. The van der Waals surface area contributed by atoms with Gasteiger partial charge in [0.05, 0.1) is 5.69 Å². The molecule has 7 heteroatoms. The predicted molar refractivity (Wildman–Crippen MR) is 72.1 cm³/mol. The van der Waals surface area contributed by atoms with Crippen LogP contribution in [0.15, 0.2) is 17.0 Å². The Hall–Kier alpha value is -1.63. The lowest BCUT2D eigenvalue weighted by Crippen LogP contribution is -2.29. The fourth-order valence-corrected chi connectivity index (χ4v) is 2.56. The highest BCUT2D eigenvalue weighted by atomic mass is 79.9. The highest BCUT2D eigenvalue weighted by Gasteiger charge is 2.32. The van der Waals surface area contributed by atoms with Crippen LogP contribution in [0, 0.1) is 6.92 Å². The minimum Gasteiger partial charge on any atom is -0.461 e. The van der Waals surface area contributed by atoms with E-state index in [4.69, 9.17) is 4.74 Å². The third kappa shape index (κ3) is 2.18. The van der Waals surface area contributed by atoms with Crippen LogP contribution in [0.3, 0.4) is 0 Å². The van der Waals surface area contributed by atoms with Crippen molar-refractivity contribution in [2.24, 2.45) is 0 Å². The Bertz CT molecular complexity index is 654. The van der Waals surface area contributed by atoms with E-state index >= 15 is 0 Å². The summed E-state index contributed by atoms with van der Waals surface area (Å²) >= 11 is 3.33. The highest BCUT2D eigenvalue weighted by molar-refractivity contribution is 9.10. The van der Waals surface area contributed by atoms with Crippen LogP contribution in [0.4, 0.5) is 0 Å². The van der Waals surface area contributed by atoms with Gasteiger partial charge in [-0.3, -0.25) is 9.20 Å². The van der Waals surface area contributed by atoms with E-state index in [9.17, 15) is 4.79 Å². The number of carbonyl (C=O) groups is 1. The van der Waals surface area contributed by atoms with Crippen LogP contribution in [0.1, 0.15) is 12.1 Å². The number of amides is 1. The topological polar surface area (TPSA) is 59.7 Å². The second kappa shape index (κ2) is 4.48.